The number of aliphatic imine (C=N–C) groups is 1. The Morgan fingerprint density at radius 2 is 1.82 bits per heavy atom. The summed E-state index contributed by atoms with van der Waals surface area (Å²) in [4.78, 5) is 4.58. The van der Waals surface area contributed by atoms with Gasteiger partial charge in [-0.15, -0.1) is 24.0 Å². The first-order chi connectivity index (χ1) is 9.97. The number of guanidine groups is 1. The second-order valence-electron chi connectivity index (χ2n) is 4.66. The first-order valence-electron chi connectivity index (χ1n) is 7.11. The summed E-state index contributed by atoms with van der Waals surface area (Å²) in [6, 6.07) is 6.44. The molecule has 1 aromatic rings. The van der Waals surface area contributed by atoms with Crippen molar-refractivity contribution in [2.45, 2.75) is 38.1 Å². The van der Waals surface area contributed by atoms with E-state index in [0.717, 1.165) is 37.5 Å². The third kappa shape index (κ3) is 7.95. The third-order valence-corrected chi connectivity index (χ3v) is 3.77. The largest absolute Gasteiger partial charge is 0.357 e. The normalized spacial score (nSPS) is 11.7. The Labute approximate surface area is 150 Å². The average molecular weight is 440 g/mol. The van der Waals surface area contributed by atoms with Crippen LogP contribution in [0.1, 0.15) is 32.3 Å². The van der Waals surface area contributed by atoms with Crippen molar-refractivity contribution in [3.05, 3.63) is 29.8 Å². The Hall–Kier alpha value is -0.870. The number of nitrogens with one attached hydrogen (secondary N) is 2. The van der Waals surface area contributed by atoms with Gasteiger partial charge in [0.25, 0.3) is 0 Å². The van der Waals surface area contributed by atoms with Crippen LogP contribution >= 0.6 is 24.0 Å². The van der Waals surface area contributed by atoms with Crippen molar-refractivity contribution in [1.82, 2.24) is 10.6 Å². The molecule has 8 heteroatoms. The van der Waals surface area contributed by atoms with Gasteiger partial charge in [-0.25, -0.2) is 18.5 Å². The van der Waals surface area contributed by atoms with Crippen molar-refractivity contribution in [3.63, 3.8) is 0 Å². The monoisotopic (exact) mass is 440 g/mol. The minimum atomic E-state index is -3.63. The van der Waals surface area contributed by atoms with E-state index in [2.05, 4.69) is 22.5 Å². The summed E-state index contributed by atoms with van der Waals surface area (Å²) >= 11 is 0. The third-order valence-electron chi connectivity index (χ3n) is 2.84. The number of benzene rings is 1. The summed E-state index contributed by atoms with van der Waals surface area (Å²) in [7, 11) is -3.63. The lowest BCUT2D eigenvalue weighted by molar-refractivity contribution is 0.598. The molecule has 0 heterocycles. The van der Waals surface area contributed by atoms with Gasteiger partial charge in [-0.1, -0.05) is 25.5 Å². The number of sulfonamides is 1. The zero-order valence-corrected chi connectivity index (χ0v) is 16.1. The van der Waals surface area contributed by atoms with Crippen LogP contribution in [0.25, 0.3) is 0 Å². The van der Waals surface area contributed by atoms with Crippen LogP contribution in [0.5, 0.6) is 0 Å². The molecule has 0 aromatic heterocycles. The molecule has 0 unspecified atom stereocenters. The van der Waals surface area contributed by atoms with Crippen LogP contribution in [-0.2, 0) is 16.6 Å². The van der Waals surface area contributed by atoms with Gasteiger partial charge in [-0.3, -0.25) is 0 Å². The number of halogens is 1. The fourth-order valence-electron chi connectivity index (χ4n) is 1.68. The lowest BCUT2D eigenvalue weighted by atomic mass is 10.2. The maximum absolute atomic E-state index is 11.2. The minimum Gasteiger partial charge on any atom is -0.357 e. The fraction of sp³-hybridized carbons (Fsp3) is 0.500. The molecule has 0 aliphatic heterocycles. The molecule has 0 saturated heterocycles. The van der Waals surface area contributed by atoms with Gasteiger partial charge in [0.2, 0.25) is 10.0 Å². The van der Waals surface area contributed by atoms with Crippen molar-refractivity contribution < 1.29 is 8.42 Å². The van der Waals surface area contributed by atoms with E-state index in [-0.39, 0.29) is 28.9 Å². The molecule has 0 aliphatic carbocycles. The molecule has 1 aromatic carbocycles. The topological polar surface area (TPSA) is 96.6 Å². The number of hydrogen-bond acceptors (Lipinski definition) is 3. The summed E-state index contributed by atoms with van der Waals surface area (Å²) in [5, 5.41) is 11.5. The minimum absolute atomic E-state index is 0. The zero-order chi connectivity index (χ0) is 15.7. The Kier molecular flexibility index (Phi) is 10.4. The highest BCUT2D eigenvalue weighted by Crippen LogP contribution is 2.09. The molecule has 0 radical (unpaired) electrons. The molecule has 4 N–H and O–H groups in total. The van der Waals surface area contributed by atoms with E-state index in [4.69, 9.17) is 5.14 Å². The molecular weight excluding hydrogens is 415 g/mol. The molecule has 0 saturated carbocycles. The number of primary sulfonamides is 1. The van der Waals surface area contributed by atoms with Crippen LogP contribution in [0.15, 0.2) is 34.2 Å². The first-order valence-corrected chi connectivity index (χ1v) is 8.66. The fourth-order valence-corrected chi connectivity index (χ4v) is 2.20. The van der Waals surface area contributed by atoms with Crippen LogP contribution in [0.2, 0.25) is 0 Å². The van der Waals surface area contributed by atoms with Crippen LogP contribution in [0.4, 0.5) is 0 Å². The van der Waals surface area contributed by atoms with Crippen LogP contribution < -0.4 is 15.8 Å². The molecule has 0 bridgehead atoms. The standard InChI is InChI=1S/C14H24N4O2S.HI/c1-3-5-10-17-14(16-4-2)18-11-12-6-8-13(9-7-12)21(15,19)20;/h6-9H,3-5,10-11H2,1-2H3,(H2,15,19,20)(H2,16,17,18);1H. The van der Waals surface area contributed by atoms with E-state index in [1.54, 1.807) is 12.1 Å². The molecule has 0 aliphatic rings. The predicted molar refractivity (Wildman–Crippen MR) is 101 cm³/mol. The maximum atomic E-state index is 11.2. The Morgan fingerprint density at radius 3 is 2.32 bits per heavy atom. The van der Waals surface area contributed by atoms with Crippen LogP contribution in [0.3, 0.4) is 0 Å². The first kappa shape index (κ1) is 21.1. The summed E-state index contributed by atoms with van der Waals surface area (Å²) in [5.41, 5.74) is 0.926. The lowest BCUT2D eigenvalue weighted by Gasteiger charge is -2.10. The smallest absolute Gasteiger partial charge is 0.238 e. The Balaban J connectivity index is 0.00000441. The van der Waals surface area contributed by atoms with E-state index in [9.17, 15) is 8.42 Å². The number of hydrogen-bond donors (Lipinski definition) is 3. The van der Waals surface area contributed by atoms with E-state index >= 15 is 0 Å². The summed E-state index contributed by atoms with van der Waals surface area (Å²) in [6.45, 7) is 6.30. The van der Waals surface area contributed by atoms with E-state index < -0.39 is 10.0 Å². The van der Waals surface area contributed by atoms with Crippen molar-refractivity contribution >= 4 is 40.0 Å². The maximum Gasteiger partial charge on any atom is 0.238 e. The van der Waals surface area contributed by atoms with Gasteiger partial charge in [0.05, 0.1) is 11.4 Å². The van der Waals surface area contributed by atoms with E-state index in [0.29, 0.717) is 6.54 Å². The van der Waals surface area contributed by atoms with E-state index in [1.165, 1.54) is 12.1 Å². The second-order valence-corrected chi connectivity index (χ2v) is 6.23. The molecule has 0 spiro atoms. The average Bonchev–Trinajstić information content (AvgIpc) is 2.44. The van der Waals surface area contributed by atoms with Crippen molar-refractivity contribution in [1.29, 1.82) is 0 Å². The number of nitrogens with zero attached hydrogens (tertiary/aromatic N) is 1. The summed E-state index contributed by atoms with van der Waals surface area (Å²) < 4.78 is 22.3. The number of nitrogens with two attached hydrogens (primary N) is 1. The number of unbranched alkanes of at least 4 members (excludes halogenated alkanes) is 1. The highest BCUT2D eigenvalue weighted by atomic mass is 127. The SMILES string of the molecule is CCCCNC(=NCc1ccc(S(N)(=O)=O)cc1)NCC.I. The summed E-state index contributed by atoms with van der Waals surface area (Å²) in [5.74, 6) is 0.765. The lowest BCUT2D eigenvalue weighted by Crippen LogP contribution is -2.37. The molecule has 1 rings (SSSR count). The van der Waals surface area contributed by atoms with Crippen molar-refractivity contribution in [2.75, 3.05) is 13.1 Å². The molecule has 0 atom stereocenters. The summed E-state index contributed by atoms with van der Waals surface area (Å²) in [6.07, 6.45) is 2.22. The highest BCUT2D eigenvalue weighted by molar-refractivity contribution is 14.0. The van der Waals surface area contributed by atoms with Gasteiger partial charge in [-0.2, -0.15) is 0 Å². The van der Waals surface area contributed by atoms with Gasteiger partial charge in [0, 0.05) is 13.1 Å². The van der Waals surface area contributed by atoms with Gasteiger partial charge in [-0.05, 0) is 31.0 Å². The molecular formula is C14H25IN4O2S. The van der Waals surface area contributed by atoms with Gasteiger partial charge in [0.1, 0.15) is 0 Å². The van der Waals surface area contributed by atoms with Crippen LogP contribution in [-0.4, -0.2) is 27.5 Å². The van der Waals surface area contributed by atoms with Gasteiger partial charge in [0.15, 0.2) is 5.96 Å². The quantitative estimate of drug-likeness (QED) is 0.261. The number of rotatable bonds is 7. The highest BCUT2D eigenvalue weighted by Gasteiger charge is 2.06. The molecule has 126 valence electrons. The second kappa shape index (κ2) is 10.8. The zero-order valence-electron chi connectivity index (χ0n) is 13.0. The van der Waals surface area contributed by atoms with Crippen molar-refractivity contribution in [2.24, 2.45) is 10.1 Å². The van der Waals surface area contributed by atoms with Gasteiger partial charge >= 0.3 is 0 Å². The Morgan fingerprint density at radius 1 is 1.18 bits per heavy atom. The van der Waals surface area contributed by atoms with Gasteiger partial charge < -0.3 is 10.6 Å². The Bertz CT molecular complexity index is 559. The molecule has 6 nitrogen and oxygen atoms in total. The van der Waals surface area contributed by atoms with E-state index in [1.807, 2.05) is 6.92 Å². The van der Waals surface area contributed by atoms with Crippen LogP contribution in [0, 0.1) is 0 Å². The predicted octanol–water partition coefficient (Wildman–Crippen LogP) is 1.81. The van der Waals surface area contributed by atoms with Crippen molar-refractivity contribution in [3.8, 4) is 0 Å². The molecule has 0 amide bonds. The molecule has 0 fully saturated rings. The molecule has 22 heavy (non-hydrogen) atoms.